The summed E-state index contributed by atoms with van der Waals surface area (Å²) >= 11 is 0. The third-order valence-electron chi connectivity index (χ3n) is 1.39. The Morgan fingerprint density at radius 2 is 2.31 bits per heavy atom. The van der Waals surface area contributed by atoms with E-state index in [1.165, 1.54) is 12.3 Å². The monoisotopic (exact) mass is 185 g/mol. The van der Waals surface area contributed by atoms with Crippen LogP contribution < -0.4 is 4.74 Å². The lowest BCUT2D eigenvalue weighted by molar-refractivity contribution is 0.219. The molecule has 0 saturated carbocycles. The molecule has 1 heterocycles. The molecule has 1 rings (SSSR count). The van der Waals surface area contributed by atoms with Crippen LogP contribution in [0.1, 0.15) is 19.4 Å². The van der Waals surface area contributed by atoms with Gasteiger partial charge in [-0.05, 0) is 25.5 Å². The van der Waals surface area contributed by atoms with Crippen LogP contribution in [-0.4, -0.2) is 16.2 Å². The second-order valence-corrected chi connectivity index (χ2v) is 2.96. The van der Waals surface area contributed by atoms with Crippen molar-refractivity contribution in [3.8, 4) is 5.88 Å². The predicted molar refractivity (Wildman–Crippen MR) is 45.9 cm³/mol. The van der Waals surface area contributed by atoms with Crippen LogP contribution >= 0.6 is 0 Å². The highest BCUT2D eigenvalue weighted by molar-refractivity contribution is 5.19. The molecule has 3 nitrogen and oxygen atoms in total. The number of aliphatic hydroxyl groups is 1. The fourth-order valence-corrected chi connectivity index (χ4v) is 0.861. The van der Waals surface area contributed by atoms with Gasteiger partial charge in [0.15, 0.2) is 5.82 Å². The van der Waals surface area contributed by atoms with Gasteiger partial charge in [0, 0.05) is 6.20 Å². The smallest absolute Gasteiger partial charge is 0.250 e. The highest BCUT2D eigenvalue weighted by atomic mass is 19.1. The minimum atomic E-state index is -0.541. The molecule has 0 radical (unpaired) electrons. The molecular weight excluding hydrogens is 173 g/mol. The molecule has 0 aromatic carbocycles. The Morgan fingerprint density at radius 3 is 2.77 bits per heavy atom. The van der Waals surface area contributed by atoms with Gasteiger partial charge >= 0.3 is 0 Å². The number of ether oxygens (including phenoxy) is 1. The Kier molecular flexibility index (Phi) is 3.19. The van der Waals surface area contributed by atoms with Gasteiger partial charge in [0.1, 0.15) is 0 Å². The zero-order chi connectivity index (χ0) is 9.84. The Hall–Kier alpha value is -1.16. The number of aromatic nitrogens is 1. The first-order valence-electron chi connectivity index (χ1n) is 4.05. The molecule has 0 unspecified atom stereocenters. The lowest BCUT2D eigenvalue weighted by atomic mass is 10.3. The molecule has 1 N–H and O–H groups in total. The lowest BCUT2D eigenvalue weighted by Crippen LogP contribution is -2.08. The van der Waals surface area contributed by atoms with E-state index in [1.807, 2.05) is 0 Å². The Bertz CT molecular complexity index is 289. The van der Waals surface area contributed by atoms with Crippen LogP contribution in [0.3, 0.4) is 0 Å². The fraction of sp³-hybridized carbons (Fsp3) is 0.444. The van der Waals surface area contributed by atoms with Gasteiger partial charge < -0.3 is 9.84 Å². The number of nitrogens with zero attached hydrogens (tertiary/aromatic N) is 1. The van der Waals surface area contributed by atoms with Crippen molar-refractivity contribution in [1.29, 1.82) is 0 Å². The number of halogens is 1. The van der Waals surface area contributed by atoms with Gasteiger partial charge in [-0.3, -0.25) is 0 Å². The Morgan fingerprint density at radius 1 is 1.62 bits per heavy atom. The summed E-state index contributed by atoms with van der Waals surface area (Å²) in [4.78, 5) is 3.73. The van der Waals surface area contributed by atoms with Crippen molar-refractivity contribution in [2.24, 2.45) is 0 Å². The summed E-state index contributed by atoms with van der Waals surface area (Å²) in [6, 6.07) is 1.21. The van der Waals surface area contributed by atoms with Gasteiger partial charge in [-0.15, -0.1) is 0 Å². The molecule has 0 amide bonds. The quantitative estimate of drug-likeness (QED) is 0.775. The second-order valence-electron chi connectivity index (χ2n) is 2.96. The molecule has 0 fully saturated rings. The summed E-state index contributed by atoms with van der Waals surface area (Å²) < 4.78 is 18.2. The molecule has 0 aliphatic carbocycles. The third-order valence-corrected chi connectivity index (χ3v) is 1.39. The molecule has 13 heavy (non-hydrogen) atoms. The van der Waals surface area contributed by atoms with E-state index < -0.39 is 5.82 Å². The van der Waals surface area contributed by atoms with Crippen LogP contribution in [0.25, 0.3) is 0 Å². The number of aliphatic hydroxyl groups excluding tert-OH is 1. The summed E-state index contributed by atoms with van der Waals surface area (Å²) in [5, 5.41) is 8.69. The summed E-state index contributed by atoms with van der Waals surface area (Å²) in [6.07, 6.45) is 1.28. The number of hydrogen-bond donors (Lipinski definition) is 1. The standard InChI is InChI=1S/C9H12FNO2/c1-6(2)13-9-8(10)3-7(5-12)4-11-9/h3-4,6,12H,5H2,1-2H3. The van der Waals surface area contributed by atoms with Crippen LogP contribution in [0.5, 0.6) is 5.88 Å². The Balaban J connectivity index is 2.85. The second kappa shape index (κ2) is 4.18. The summed E-state index contributed by atoms with van der Waals surface area (Å²) in [7, 11) is 0. The molecule has 0 saturated heterocycles. The van der Waals surface area contributed by atoms with Crippen LogP contribution in [0.15, 0.2) is 12.3 Å². The van der Waals surface area contributed by atoms with Gasteiger partial charge in [0.2, 0.25) is 0 Å². The topological polar surface area (TPSA) is 42.4 Å². The van der Waals surface area contributed by atoms with E-state index in [1.54, 1.807) is 13.8 Å². The van der Waals surface area contributed by atoms with E-state index in [0.29, 0.717) is 5.56 Å². The van der Waals surface area contributed by atoms with Gasteiger partial charge in [-0.25, -0.2) is 9.37 Å². The molecule has 72 valence electrons. The van der Waals surface area contributed by atoms with Crippen molar-refractivity contribution in [1.82, 2.24) is 4.98 Å². The molecular formula is C9H12FNO2. The number of rotatable bonds is 3. The van der Waals surface area contributed by atoms with Crippen molar-refractivity contribution in [3.05, 3.63) is 23.6 Å². The molecule has 1 aromatic rings. The molecule has 0 atom stereocenters. The molecule has 1 aromatic heterocycles. The van der Waals surface area contributed by atoms with E-state index in [9.17, 15) is 4.39 Å². The molecule has 0 aliphatic heterocycles. The average Bonchev–Trinajstić information content (AvgIpc) is 2.08. The largest absolute Gasteiger partial charge is 0.473 e. The van der Waals surface area contributed by atoms with Crippen LogP contribution in [-0.2, 0) is 6.61 Å². The van der Waals surface area contributed by atoms with Crippen LogP contribution in [0, 0.1) is 5.82 Å². The van der Waals surface area contributed by atoms with E-state index in [4.69, 9.17) is 9.84 Å². The van der Waals surface area contributed by atoms with Crippen LogP contribution in [0.2, 0.25) is 0 Å². The number of hydrogen-bond acceptors (Lipinski definition) is 3. The zero-order valence-corrected chi connectivity index (χ0v) is 7.62. The molecule has 0 bridgehead atoms. The molecule has 0 aliphatic rings. The van der Waals surface area contributed by atoms with E-state index in [2.05, 4.69) is 4.98 Å². The van der Waals surface area contributed by atoms with E-state index >= 15 is 0 Å². The van der Waals surface area contributed by atoms with E-state index in [0.717, 1.165) is 0 Å². The minimum Gasteiger partial charge on any atom is -0.473 e. The predicted octanol–water partition coefficient (Wildman–Crippen LogP) is 1.50. The average molecular weight is 185 g/mol. The fourth-order valence-electron chi connectivity index (χ4n) is 0.861. The highest BCUT2D eigenvalue weighted by Gasteiger charge is 2.07. The van der Waals surface area contributed by atoms with Gasteiger partial charge in [0.05, 0.1) is 12.7 Å². The highest BCUT2D eigenvalue weighted by Crippen LogP contribution is 2.15. The first kappa shape index (κ1) is 9.92. The maximum Gasteiger partial charge on any atom is 0.250 e. The Labute approximate surface area is 76.2 Å². The zero-order valence-electron chi connectivity index (χ0n) is 7.62. The van der Waals surface area contributed by atoms with Gasteiger partial charge in [0.25, 0.3) is 5.88 Å². The van der Waals surface area contributed by atoms with Gasteiger partial charge in [-0.1, -0.05) is 0 Å². The van der Waals surface area contributed by atoms with Crippen molar-refractivity contribution >= 4 is 0 Å². The van der Waals surface area contributed by atoms with Gasteiger partial charge in [-0.2, -0.15) is 0 Å². The molecule has 0 spiro atoms. The van der Waals surface area contributed by atoms with Crippen molar-refractivity contribution in [2.45, 2.75) is 26.6 Å². The first-order chi connectivity index (χ1) is 6.13. The summed E-state index contributed by atoms with van der Waals surface area (Å²) in [6.45, 7) is 3.37. The maximum absolute atomic E-state index is 13.1. The van der Waals surface area contributed by atoms with Crippen molar-refractivity contribution in [3.63, 3.8) is 0 Å². The maximum atomic E-state index is 13.1. The van der Waals surface area contributed by atoms with Crippen molar-refractivity contribution < 1.29 is 14.2 Å². The lowest BCUT2D eigenvalue weighted by Gasteiger charge is -2.09. The summed E-state index contributed by atoms with van der Waals surface area (Å²) in [5.41, 5.74) is 0.439. The number of pyridine rings is 1. The SMILES string of the molecule is CC(C)Oc1ncc(CO)cc1F. The third kappa shape index (κ3) is 2.66. The normalized spacial score (nSPS) is 10.5. The van der Waals surface area contributed by atoms with Crippen LogP contribution in [0.4, 0.5) is 4.39 Å². The molecule has 4 heteroatoms. The summed E-state index contributed by atoms with van der Waals surface area (Å²) in [5.74, 6) is -0.563. The minimum absolute atomic E-state index is 0.0211. The first-order valence-corrected chi connectivity index (χ1v) is 4.05. The van der Waals surface area contributed by atoms with Crippen molar-refractivity contribution in [2.75, 3.05) is 0 Å². The van der Waals surface area contributed by atoms with E-state index in [-0.39, 0.29) is 18.6 Å².